The minimum absolute atomic E-state index is 0.123. The third kappa shape index (κ3) is 3.01. The zero-order valence-electron chi connectivity index (χ0n) is 14.1. The second kappa shape index (κ2) is 6.54. The molecule has 1 fully saturated rings. The van der Waals surface area contributed by atoms with Crippen molar-refractivity contribution in [1.82, 2.24) is 35.2 Å². The first-order valence-corrected chi connectivity index (χ1v) is 8.26. The number of rotatable bonds is 5. The molecule has 0 unspecified atom stereocenters. The van der Waals surface area contributed by atoms with Gasteiger partial charge in [0.25, 0.3) is 5.91 Å². The summed E-state index contributed by atoms with van der Waals surface area (Å²) in [5.41, 5.74) is 0.708. The number of hydrogen-bond donors (Lipinski definition) is 1. The molecule has 1 aliphatic rings. The van der Waals surface area contributed by atoms with E-state index in [2.05, 4.69) is 25.7 Å². The van der Waals surface area contributed by atoms with E-state index < -0.39 is 0 Å². The number of aromatic nitrogens is 6. The number of carbonyl (C=O) groups is 1. The topological polar surface area (TPSA) is 123 Å². The molecule has 2 aromatic heterocycles. The van der Waals surface area contributed by atoms with Gasteiger partial charge in [-0.2, -0.15) is 4.98 Å². The minimum Gasteiger partial charge on any atom is -0.507 e. The van der Waals surface area contributed by atoms with Crippen LogP contribution in [0.3, 0.4) is 0 Å². The van der Waals surface area contributed by atoms with Crippen LogP contribution in [0.1, 0.15) is 47.3 Å². The minimum atomic E-state index is -0.368. The summed E-state index contributed by atoms with van der Waals surface area (Å²) in [6.07, 6.45) is 4.71. The van der Waals surface area contributed by atoms with Gasteiger partial charge in [0.1, 0.15) is 12.1 Å². The SMILES string of the molecule is CN(Cc1noc(C2CCC2)n1)C(=O)c1cc(-n2cnnn2)ccc1O. The molecule has 4 rings (SSSR count). The lowest BCUT2D eigenvalue weighted by molar-refractivity contribution is 0.0777. The van der Waals surface area contributed by atoms with Crippen LogP contribution in [0.5, 0.6) is 5.75 Å². The number of hydrogen-bond acceptors (Lipinski definition) is 8. The number of amides is 1. The Kier molecular flexibility index (Phi) is 4.07. The molecular weight excluding hydrogens is 338 g/mol. The van der Waals surface area contributed by atoms with E-state index in [0.717, 1.165) is 12.8 Å². The highest BCUT2D eigenvalue weighted by atomic mass is 16.5. The average molecular weight is 355 g/mol. The fourth-order valence-electron chi connectivity index (χ4n) is 2.76. The van der Waals surface area contributed by atoms with Crippen LogP contribution in [0, 0.1) is 0 Å². The van der Waals surface area contributed by atoms with E-state index in [1.54, 1.807) is 13.1 Å². The van der Waals surface area contributed by atoms with E-state index in [1.165, 1.54) is 34.5 Å². The van der Waals surface area contributed by atoms with Crippen LogP contribution >= 0.6 is 0 Å². The molecule has 0 atom stereocenters. The number of nitrogens with zero attached hydrogens (tertiary/aromatic N) is 7. The average Bonchev–Trinajstić information content (AvgIpc) is 3.25. The van der Waals surface area contributed by atoms with Crippen LogP contribution in [0.25, 0.3) is 5.69 Å². The number of phenolic OH excluding ortho intramolecular Hbond substituents is 1. The monoisotopic (exact) mass is 355 g/mol. The molecule has 3 aromatic rings. The molecule has 0 saturated heterocycles. The maximum Gasteiger partial charge on any atom is 0.257 e. The van der Waals surface area contributed by atoms with Crippen LogP contribution in [0.2, 0.25) is 0 Å². The van der Waals surface area contributed by atoms with Crippen molar-refractivity contribution in [2.24, 2.45) is 0 Å². The van der Waals surface area contributed by atoms with Gasteiger partial charge in [-0.05, 0) is 41.5 Å². The largest absolute Gasteiger partial charge is 0.507 e. The Labute approximate surface area is 148 Å². The van der Waals surface area contributed by atoms with Crippen molar-refractivity contribution in [1.29, 1.82) is 0 Å². The Bertz CT molecular complexity index is 918. The van der Waals surface area contributed by atoms with E-state index in [-0.39, 0.29) is 23.8 Å². The lowest BCUT2D eigenvalue weighted by Gasteiger charge is -2.20. The molecule has 10 heteroatoms. The van der Waals surface area contributed by atoms with Crippen molar-refractivity contribution >= 4 is 5.91 Å². The molecule has 0 bridgehead atoms. The number of carbonyl (C=O) groups excluding carboxylic acids is 1. The maximum atomic E-state index is 12.7. The van der Waals surface area contributed by atoms with Gasteiger partial charge in [0.2, 0.25) is 5.89 Å². The van der Waals surface area contributed by atoms with Crippen LogP contribution in [0.4, 0.5) is 0 Å². The Hall–Kier alpha value is -3.30. The summed E-state index contributed by atoms with van der Waals surface area (Å²) in [5.74, 6) is 0.929. The molecule has 134 valence electrons. The number of aromatic hydroxyl groups is 1. The maximum absolute atomic E-state index is 12.7. The number of tetrazole rings is 1. The highest BCUT2D eigenvalue weighted by molar-refractivity contribution is 5.97. The summed E-state index contributed by atoms with van der Waals surface area (Å²) in [5, 5.41) is 24.9. The van der Waals surface area contributed by atoms with Crippen LogP contribution in [-0.4, -0.2) is 53.3 Å². The van der Waals surface area contributed by atoms with E-state index in [9.17, 15) is 9.90 Å². The fourth-order valence-corrected chi connectivity index (χ4v) is 2.76. The predicted octanol–water partition coefficient (Wildman–Crippen LogP) is 1.29. The Balaban J connectivity index is 1.51. The van der Waals surface area contributed by atoms with Gasteiger partial charge in [-0.25, -0.2) is 4.68 Å². The fraction of sp³-hybridized carbons (Fsp3) is 0.375. The van der Waals surface area contributed by atoms with Gasteiger partial charge in [-0.1, -0.05) is 11.6 Å². The van der Waals surface area contributed by atoms with Gasteiger partial charge in [-0.3, -0.25) is 4.79 Å². The van der Waals surface area contributed by atoms with E-state index >= 15 is 0 Å². The van der Waals surface area contributed by atoms with Crippen molar-refractivity contribution in [3.05, 3.63) is 41.8 Å². The summed E-state index contributed by atoms with van der Waals surface area (Å²) < 4.78 is 6.68. The summed E-state index contributed by atoms with van der Waals surface area (Å²) in [6.45, 7) is 0.184. The van der Waals surface area contributed by atoms with Crippen LogP contribution in [0.15, 0.2) is 29.0 Å². The van der Waals surface area contributed by atoms with Gasteiger partial charge >= 0.3 is 0 Å². The first kappa shape index (κ1) is 16.2. The summed E-state index contributed by atoms with van der Waals surface area (Å²) >= 11 is 0. The molecule has 0 aliphatic heterocycles. The molecule has 1 aromatic carbocycles. The van der Waals surface area contributed by atoms with Gasteiger partial charge in [0, 0.05) is 13.0 Å². The molecule has 26 heavy (non-hydrogen) atoms. The van der Waals surface area contributed by atoms with Gasteiger partial charge < -0.3 is 14.5 Å². The third-order valence-electron chi connectivity index (χ3n) is 4.49. The van der Waals surface area contributed by atoms with Crippen LogP contribution < -0.4 is 0 Å². The molecule has 1 amide bonds. The normalized spacial score (nSPS) is 14.2. The quantitative estimate of drug-likeness (QED) is 0.726. The molecular formula is C16H17N7O3. The van der Waals surface area contributed by atoms with Crippen LogP contribution in [-0.2, 0) is 6.54 Å². The van der Waals surface area contributed by atoms with E-state index in [0.29, 0.717) is 23.3 Å². The highest BCUT2D eigenvalue weighted by Crippen LogP contribution is 2.35. The highest BCUT2D eigenvalue weighted by Gasteiger charge is 2.26. The molecule has 1 saturated carbocycles. The molecule has 0 spiro atoms. The first-order valence-electron chi connectivity index (χ1n) is 8.26. The zero-order valence-corrected chi connectivity index (χ0v) is 14.1. The Morgan fingerprint density at radius 1 is 1.42 bits per heavy atom. The molecule has 2 heterocycles. The number of benzene rings is 1. The second-order valence-corrected chi connectivity index (χ2v) is 6.29. The van der Waals surface area contributed by atoms with Crippen molar-refractivity contribution in [3.8, 4) is 11.4 Å². The summed E-state index contributed by atoms with van der Waals surface area (Å²) in [4.78, 5) is 18.5. The van der Waals surface area contributed by atoms with E-state index in [1.807, 2.05) is 0 Å². The van der Waals surface area contributed by atoms with Gasteiger partial charge in [0.05, 0.1) is 17.8 Å². The van der Waals surface area contributed by atoms with Crippen molar-refractivity contribution in [3.63, 3.8) is 0 Å². The lowest BCUT2D eigenvalue weighted by Crippen LogP contribution is -2.27. The van der Waals surface area contributed by atoms with Gasteiger partial charge in [0.15, 0.2) is 5.82 Å². The molecule has 1 aliphatic carbocycles. The van der Waals surface area contributed by atoms with Crippen molar-refractivity contribution in [2.45, 2.75) is 31.7 Å². The van der Waals surface area contributed by atoms with Crippen molar-refractivity contribution < 1.29 is 14.4 Å². The van der Waals surface area contributed by atoms with Gasteiger partial charge in [-0.15, -0.1) is 5.10 Å². The van der Waals surface area contributed by atoms with E-state index in [4.69, 9.17) is 4.52 Å². The summed E-state index contributed by atoms with van der Waals surface area (Å²) in [7, 11) is 1.62. The standard InChI is InChI=1S/C16H17N7O3/c1-22(8-14-18-15(26-19-14)10-3-2-4-10)16(25)12-7-11(5-6-13(12)24)23-9-17-20-21-23/h5-7,9-10,24H,2-4,8H2,1H3. The number of phenols is 1. The smallest absolute Gasteiger partial charge is 0.257 e. The first-order chi connectivity index (χ1) is 12.6. The lowest BCUT2D eigenvalue weighted by atomic mass is 9.85. The predicted molar refractivity (Wildman–Crippen MR) is 87.5 cm³/mol. The Morgan fingerprint density at radius 2 is 2.27 bits per heavy atom. The molecule has 0 radical (unpaired) electrons. The Morgan fingerprint density at radius 3 is 2.96 bits per heavy atom. The van der Waals surface area contributed by atoms with Crippen molar-refractivity contribution in [2.75, 3.05) is 7.05 Å². The molecule has 10 nitrogen and oxygen atoms in total. The summed E-state index contributed by atoms with van der Waals surface area (Å²) in [6, 6.07) is 4.58. The third-order valence-corrected chi connectivity index (χ3v) is 4.49. The zero-order chi connectivity index (χ0) is 18.1. The molecule has 1 N–H and O–H groups in total. The second-order valence-electron chi connectivity index (χ2n) is 6.29.